The van der Waals surface area contributed by atoms with Gasteiger partial charge < -0.3 is 4.74 Å². The standard InChI is InChI=1S/C17H11FO3/c1-10(19)21-12-7-6-11-8-15(17(20)14(11)9-12)13-4-2-3-5-16(13)18/h2-9H,1H3. The highest BCUT2D eigenvalue weighted by molar-refractivity contribution is 6.37. The van der Waals surface area contributed by atoms with Gasteiger partial charge in [-0.25, -0.2) is 4.39 Å². The topological polar surface area (TPSA) is 43.4 Å². The van der Waals surface area contributed by atoms with Crippen LogP contribution in [0.1, 0.15) is 28.4 Å². The van der Waals surface area contributed by atoms with Crippen LogP contribution in [-0.2, 0) is 4.79 Å². The third kappa shape index (κ3) is 2.36. The third-order valence-electron chi connectivity index (χ3n) is 3.24. The van der Waals surface area contributed by atoms with Gasteiger partial charge in [-0.3, -0.25) is 9.59 Å². The van der Waals surface area contributed by atoms with Gasteiger partial charge in [0, 0.05) is 23.6 Å². The number of hydrogen-bond donors (Lipinski definition) is 0. The van der Waals surface area contributed by atoms with E-state index >= 15 is 0 Å². The number of ketones is 1. The lowest BCUT2D eigenvalue weighted by Gasteiger charge is -2.04. The van der Waals surface area contributed by atoms with Crippen LogP contribution in [0.2, 0.25) is 0 Å². The zero-order valence-electron chi connectivity index (χ0n) is 11.2. The molecule has 4 heteroatoms. The van der Waals surface area contributed by atoms with Gasteiger partial charge >= 0.3 is 5.97 Å². The maximum Gasteiger partial charge on any atom is 0.308 e. The van der Waals surface area contributed by atoms with Crippen LogP contribution in [0.5, 0.6) is 5.75 Å². The molecule has 0 saturated carbocycles. The molecule has 1 aliphatic rings. The molecule has 2 aromatic rings. The van der Waals surface area contributed by atoms with Crippen molar-refractivity contribution >= 4 is 23.4 Å². The van der Waals surface area contributed by atoms with Crippen molar-refractivity contribution in [3.05, 3.63) is 65.0 Å². The normalized spacial score (nSPS) is 12.9. The van der Waals surface area contributed by atoms with E-state index in [1.54, 1.807) is 36.4 Å². The van der Waals surface area contributed by atoms with Crippen LogP contribution >= 0.6 is 0 Å². The Hall–Kier alpha value is -2.75. The molecule has 21 heavy (non-hydrogen) atoms. The number of hydrogen-bond acceptors (Lipinski definition) is 3. The molecule has 0 saturated heterocycles. The first-order valence-corrected chi connectivity index (χ1v) is 6.40. The second-order valence-electron chi connectivity index (χ2n) is 4.71. The molecule has 0 spiro atoms. The van der Waals surface area contributed by atoms with Crippen LogP contribution in [0.3, 0.4) is 0 Å². The van der Waals surface area contributed by atoms with Crippen molar-refractivity contribution in [2.45, 2.75) is 6.92 Å². The Bertz CT molecular complexity index is 790. The maximum atomic E-state index is 13.8. The minimum absolute atomic E-state index is 0.271. The molecule has 2 aromatic carbocycles. The average molecular weight is 282 g/mol. The number of ether oxygens (including phenoxy) is 1. The molecule has 3 rings (SSSR count). The molecule has 0 radical (unpaired) electrons. The summed E-state index contributed by atoms with van der Waals surface area (Å²) in [4.78, 5) is 23.4. The van der Waals surface area contributed by atoms with Crippen molar-refractivity contribution in [2.75, 3.05) is 0 Å². The summed E-state index contributed by atoms with van der Waals surface area (Å²) in [6.07, 6.45) is 1.65. The van der Waals surface area contributed by atoms with Gasteiger partial charge in [-0.05, 0) is 29.8 Å². The summed E-state index contributed by atoms with van der Waals surface area (Å²) in [6.45, 7) is 1.29. The van der Waals surface area contributed by atoms with E-state index in [-0.39, 0.29) is 11.3 Å². The van der Waals surface area contributed by atoms with E-state index in [0.717, 1.165) is 0 Å². The predicted molar refractivity (Wildman–Crippen MR) is 76.4 cm³/mol. The zero-order valence-corrected chi connectivity index (χ0v) is 11.2. The lowest BCUT2D eigenvalue weighted by atomic mass is 10.0. The first-order chi connectivity index (χ1) is 10.1. The van der Waals surface area contributed by atoms with E-state index in [4.69, 9.17) is 4.74 Å². The fraction of sp³-hybridized carbons (Fsp3) is 0.0588. The van der Waals surface area contributed by atoms with E-state index in [0.29, 0.717) is 22.4 Å². The molecular weight excluding hydrogens is 271 g/mol. The van der Waals surface area contributed by atoms with Crippen molar-refractivity contribution in [3.63, 3.8) is 0 Å². The Labute approximate surface area is 120 Å². The SMILES string of the molecule is CC(=O)Oc1ccc2c(c1)C(=O)C(c1ccccc1F)=C2. The molecule has 0 amide bonds. The van der Waals surface area contributed by atoms with Gasteiger partial charge in [0.25, 0.3) is 0 Å². The summed E-state index contributed by atoms with van der Waals surface area (Å²) in [6, 6.07) is 10.9. The minimum Gasteiger partial charge on any atom is -0.427 e. The van der Waals surface area contributed by atoms with Crippen molar-refractivity contribution in [2.24, 2.45) is 0 Å². The number of rotatable bonds is 2. The number of fused-ring (bicyclic) bond motifs is 1. The molecule has 104 valence electrons. The molecular formula is C17H11FO3. The molecule has 0 aromatic heterocycles. The van der Waals surface area contributed by atoms with Crippen LogP contribution in [-0.4, -0.2) is 11.8 Å². The molecule has 1 aliphatic carbocycles. The molecule has 3 nitrogen and oxygen atoms in total. The minimum atomic E-state index is -0.456. The highest BCUT2D eigenvalue weighted by Crippen LogP contribution is 2.34. The monoisotopic (exact) mass is 282 g/mol. The molecule has 0 bridgehead atoms. The molecule has 0 fully saturated rings. The van der Waals surface area contributed by atoms with Gasteiger partial charge in [0.1, 0.15) is 11.6 Å². The van der Waals surface area contributed by atoms with Crippen molar-refractivity contribution in [3.8, 4) is 5.75 Å². The number of carbonyl (C=O) groups excluding carboxylic acids is 2. The first kappa shape index (κ1) is 13.2. The molecule has 0 aliphatic heterocycles. The Morgan fingerprint density at radius 3 is 2.57 bits per heavy atom. The van der Waals surface area contributed by atoms with Crippen molar-refractivity contribution in [1.82, 2.24) is 0 Å². The van der Waals surface area contributed by atoms with E-state index in [9.17, 15) is 14.0 Å². The number of benzene rings is 2. The summed E-state index contributed by atoms with van der Waals surface area (Å²) in [5, 5.41) is 0. The number of halogens is 1. The summed E-state index contributed by atoms with van der Waals surface area (Å²) >= 11 is 0. The highest BCUT2D eigenvalue weighted by atomic mass is 19.1. The van der Waals surface area contributed by atoms with Crippen molar-refractivity contribution in [1.29, 1.82) is 0 Å². The van der Waals surface area contributed by atoms with Crippen LogP contribution in [0, 0.1) is 5.82 Å². The van der Waals surface area contributed by atoms with Gasteiger partial charge in [0.05, 0.1) is 0 Å². The second kappa shape index (κ2) is 4.98. The van der Waals surface area contributed by atoms with Crippen molar-refractivity contribution < 1.29 is 18.7 Å². The largest absolute Gasteiger partial charge is 0.427 e. The Morgan fingerprint density at radius 2 is 1.86 bits per heavy atom. The number of Topliss-reactive ketones (excluding diaryl/α,β-unsaturated/α-hetero) is 1. The molecule has 0 atom stereocenters. The van der Waals surface area contributed by atoms with Crippen LogP contribution < -0.4 is 4.74 Å². The zero-order chi connectivity index (χ0) is 15.0. The highest BCUT2D eigenvalue weighted by Gasteiger charge is 2.25. The molecule has 0 heterocycles. The fourth-order valence-electron chi connectivity index (χ4n) is 2.33. The lowest BCUT2D eigenvalue weighted by molar-refractivity contribution is -0.131. The van der Waals surface area contributed by atoms with Crippen LogP contribution in [0.15, 0.2) is 42.5 Å². The van der Waals surface area contributed by atoms with Gasteiger partial charge in [-0.1, -0.05) is 24.3 Å². The van der Waals surface area contributed by atoms with E-state index in [1.165, 1.54) is 19.1 Å². The maximum absolute atomic E-state index is 13.8. The smallest absolute Gasteiger partial charge is 0.308 e. The Morgan fingerprint density at radius 1 is 1.10 bits per heavy atom. The van der Waals surface area contributed by atoms with Gasteiger partial charge in [0.2, 0.25) is 0 Å². The lowest BCUT2D eigenvalue weighted by Crippen LogP contribution is -2.04. The number of allylic oxidation sites excluding steroid dienone is 1. The van der Waals surface area contributed by atoms with Gasteiger partial charge in [-0.2, -0.15) is 0 Å². The van der Waals surface area contributed by atoms with E-state index in [1.807, 2.05) is 0 Å². The predicted octanol–water partition coefficient (Wildman–Crippen LogP) is 3.49. The number of esters is 1. The Balaban J connectivity index is 2.01. The molecule has 0 unspecified atom stereocenters. The van der Waals surface area contributed by atoms with E-state index in [2.05, 4.69) is 0 Å². The number of carbonyl (C=O) groups is 2. The van der Waals surface area contributed by atoms with Gasteiger partial charge in [0.15, 0.2) is 5.78 Å². The van der Waals surface area contributed by atoms with Crippen LogP contribution in [0.25, 0.3) is 11.6 Å². The summed E-state index contributed by atoms with van der Waals surface area (Å²) < 4.78 is 18.8. The average Bonchev–Trinajstić information content (AvgIpc) is 2.76. The molecule has 0 N–H and O–H groups in total. The fourth-order valence-corrected chi connectivity index (χ4v) is 2.33. The van der Waals surface area contributed by atoms with E-state index < -0.39 is 11.8 Å². The second-order valence-corrected chi connectivity index (χ2v) is 4.71. The van der Waals surface area contributed by atoms with Gasteiger partial charge in [-0.15, -0.1) is 0 Å². The van der Waals surface area contributed by atoms with Crippen LogP contribution in [0.4, 0.5) is 4.39 Å². The first-order valence-electron chi connectivity index (χ1n) is 6.40. The summed E-state index contributed by atoms with van der Waals surface area (Å²) in [7, 11) is 0. The quantitative estimate of drug-likeness (QED) is 0.625. The Kier molecular flexibility index (Phi) is 3.14. The summed E-state index contributed by atoms with van der Waals surface area (Å²) in [5.74, 6) is -0.866. The summed E-state index contributed by atoms with van der Waals surface area (Å²) in [5.41, 5.74) is 1.68. The third-order valence-corrected chi connectivity index (χ3v) is 3.24.